The Morgan fingerprint density at radius 2 is 1.77 bits per heavy atom. The first-order chi connectivity index (χ1) is 12.5. The number of hydrogen-bond acceptors (Lipinski definition) is 3. The smallest absolute Gasteiger partial charge is 0.222 e. The highest BCUT2D eigenvalue weighted by Crippen LogP contribution is 2.19. The number of amides is 2. The molecule has 1 heterocycles. The molecular weight excluding hydrogens is 350 g/mol. The second-order valence-electron chi connectivity index (χ2n) is 6.97. The minimum Gasteiger partial charge on any atom is -0.356 e. The van der Waals surface area contributed by atoms with Gasteiger partial charge in [-0.05, 0) is 56.6 Å². The number of benzene rings is 1. The van der Waals surface area contributed by atoms with Gasteiger partial charge in [0.1, 0.15) is 0 Å². The fourth-order valence-electron chi connectivity index (χ4n) is 3.34. The van der Waals surface area contributed by atoms with Gasteiger partial charge in [0.2, 0.25) is 11.8 Å². The van der Waals surface area contributed by atoms with Gasteiger partial charge in [0.15, 0.2) is 0 Å². The van der Waals surface area contributed by atoms with Crippen molar-refractivity contribution in [3.63, 3.8) is 0 Å². The van der Waals surface area contributed by atoms with Gasteiger partial charge in [0.25, 0.3) is 0 Å². The lowest BCUT2D eigenvalue weighted by Gasteiger charge is -2.20. The molecule has 5 nitrogen and oxygen atoms in total. The summed E-state index contributed by atoms with van der Waals surface area (Å²) in [6.07, 6.45) is 6.42. The second-order valence-corrected chi connectivity index (χ2v) is 7.40. The molecule has 0 saturated carbocycles. The fraction of sp³-hybridized carbons (Fsp3) is 0.600. The highest BCUT2D eigenvalue weighted by molar-refractivity contribution is 6.30. The van der Waals surface area contributed by atoms with Gasteiger partial charge in [0.05, 0.1) is 12.5 Å². The van der Waals surface area contributed by atoms with Crippen LogP contribution in [0.1, 0.15) is 57.1 Å². The normalized spacial score (nSPS) is 16.5. The predicted molar refractivity (Wildman–Crippen MR) is 105 cm³/mol. The molecule has 26 heavy (non-hydrogen) atoms. The molecule has 1 saturated heterocycles. The van der Waals surface area contributed by atoms with E-state index in [-0.39, 0.29) is 24.3 Å². The number of carbonyl (C=O) groups excluding carboxylic acids is 2. The summed E-state index contributed by atoms with van der Waals surface area (Å²) in [6.45, 7) is 5.52. The van der Waals surface area contributed by atoms with E-state index < -0.39 is 0 Å². The number of rotatable bonds is 8. The molecule has 1 fully saturated rings. The van der Waals surface area contributed by atoms with E-state index in [0.717, 1.165) is 18.5 Å². The Morgan fingerprint density at radius 1 is 1.12 bits per heavy atom. The standard InChI is InChI=1S/C20H30ClN3O2/c1-16(25)23-19(17-7-9-18(21)10-8-17)15-20(26)22-11-6-14-24-12-4-2-3-5-13-24/h7-10,19H,2-6,11-15H2,1H3,(H,22,26)(H,23,25). The van der Waals surface area contributed by atoms with Gasteiger partial charge in [-0.1, -0.05) is 36.6 Å². The summed E-state index contributed by atoms with van der Waals surface area (Å²) in [4.78, 5) is 26.2. The van der Waals surface area contributed by atoms with E-state index in [9.17, 15) is 9.59 Å². The fourth-order valence-corrected chi connectivity index (χ4v) is 3.47. The predicted octanol–water partition coefficient (Wildman–Crippen LogP) is 3.29. The molecule has 1 aromatic rings. The summed E-state index contributed by atoms with van der Waals surface area (Å²) >= 11 is 5.92. The van der Waals surface area contributed by atoms with Gasteiger partial charge in [-0.15, -0.1) is 0 Å². The van der Waals surface area contributed by atoms with Gasteiger partial charge in [-0.2, -0.15) is 0 Å². The third-order valence-electron chi connectivity index (χ3n) is 4.71. The molecule has 0 radical (unpaired) electrons. The summed E-state index contributed by atoms with van der Waals surface area (Å²) in [5.41, 5.74) is 0.879. The van der Waals surface area contributed by atoms with Crippen LogP contribution in [0.25, 0.3) is 0 Å². The van der Waals surface area contributed by atoms with Crippen molar-refractivity contribution in [2.24, 2.45) is 0 Å². The molecule has 6 heteroatoms. The Balaban J connectivity index is 1.75. The van der Waals surface area contributed by atoms with E-state index in [1.54, 1.807) is 12.1 Å². The first-order valence-corrected chi connectivity index (χ1v) is 9.94. The highest BCUT2D eigenvalue weighted by atomic mass is 35.5. The topological polar surface area (TPSA) is 61.4 Å². The first kappa shape index (κ1) is 20.7. The number of carbonyl (C=O) groups is 2. The van der Waals surface area contributed by atoms with Crippen molar-refractivity contribution in [1.82, 2.24) is 15.5 Å². The highest BCUT2D eigenvalue weighted by Gasteiger charge is 2.17. The molecule has 1 aromatic carbocycles. The molecule has 2 amide bonds. The van der Waals surface area contributed by atoms with Crippen LogP contribution in [0.4, 0.5) is 0 Å². The molecule has 1 atom stereocenters. The van der Waals surface area contributed by atoms with Gasteiger partial charge >= 0.3 is 0 Å². The monoisotopic (exact) mass is 379 g/mol. The van der Waals surface area contributed by atoms with Crippen LogP contribution in [0.2, 0.25) is 5.02 Å². The molecule has 0 spiro atoms. The maximum atomic E-state index is 12.3. The van der Waals surface area contributed by atoms with Crippen LogP contribution in [0.15, 0.2) is 24.3 Å². The molecule has 0 bridgehead atoms. The third-order valence-corrected chi connectivity index (χ3v) is 4.96. The molecule has 0 aliphatic carbocycles. The average molecular weight is 380 g/mol. The van der Waals surface area contributed by atoms with Gasteiger partial charge < -0.3 is 15.5 Å². The van der Waals surface area contributed by atoms with Crippen molar-refractivity contribution in [2.75, 3.05) is 26.2 Å². The minimum atomic E-state index is -0.338. The summed E-state index contributed by atoms with van der Waals surface area (Å²) in [5, 5.41) is 6.46. The third kappa shape index (κ3) is 7.75. The van der Waals surface area contributed by atoms with Crippen molar-refractivity contribution in [3.8, 4) is 0 Å². The Hall–Kier alpha value is -1.59. The Bertz CT molecular complexity index is 569. The summed E-state index contributed by atoms with van der Waals surface area (Å²) in [7, 11) is 0. The Morgan fingerprint density at radius 3 is 2.38 bits per heavy atom. The van der Waals surface area contributed by atoms with Crippen LogP contribution in [-0.4, -0.2) is 42.9 Å². The second kappa shape index (κ2) is 11.2. The van der Waals surface area contributed by atoms with Crippen molar-refractivity contribution in [1.29, 1.82) is 0 Å². The van der Waals surface area contributed by atoms with Crippen LogP contribution in [0.5, 0.6) is 0 Å². The Kier molecular flexibility index (Phi) is 8.92. The van der Waals surface area contributed by atoms with Gasteiger partial charge in [-0.3, -0.25) is 9.59 Å². The molecule has 2 N–H and O–H groups in total. The van der Waals surface area contributed by atoms with Crippen LogP contribution < -0.4 is 10.6 Å². The minimum absolute atomic E-state index is 0.0467. The maximum absolute atomic E-state index is 12.3. The van der Waals surface area contributed by atoms with Crippen LogP contribution in [0.3, 0.4) is 0 Å². The number of likely N-dealkylation sites (tertiary alicyclic amines) is 1. The van der Waals surface area contributed by atoms with Gasteiger partial charge in [0, 0.05) is 18.5 Å². The van der Waals surface area contributed by atoms with Crippen molar-refractivity contribution >= 4 is 23.4 Å². The SMILES string of the molecule is CC(=O)NC(CC(=O)NCCCN1CCCCCC1)c1ccc(Cl)cc1. The van der Waals surface area contributed by atoms with Crippen LogP contribution in [0, 0.1) is 0 Å². The van der Waals surface area contributed by atoms with Crippen LogP contribution >= 0.6 is 11.6 Å². The zero-order chi connectivity index (χ0) is 18.8. The van der Waals surface area contributed by atoms with Crippen molar-refractivity contribution in [2.45, 2.75) is 51.5 Å². The molecular formula is C20H30ClN3O2. The van der Waals surface area contributed by atoms with E-state index in [0.29, 0.717) is 11.6 Å². The van der Waals surface area contributed by atoms with Crippen LogP contribution in [-0.2, 0) is 9.59 Å². The van der Waals surface area contributed by atoms with Gasteiger partial charge in [-0.25, -0.2) is 0 Å². The number of halogens is 1. The first-order valence-electron chi connectivity index (χ1n) is 9.56. The summed E-state index contributed by atoms with van der Waals surface area (Å²) in [6, 6.07) is 6.89. The number of nitrogens with one attached hydrogen (secondary N) is 2. The van der Waals surface area contributed by atoms with E-state index >= 15 is 0 Å². The quantitative estimate of drug-likeness (QED) is 0.681. The van der Waals surface area contributed by atoms with E-state index in [2.05, 4.69) is 15.5 Å². The Labute approximate surface area is 161 Å². The molecule has 1 aliphatic rings. The summed E-state index contributed by atoms with van der Waals surface area (Å²) in [5.74, 6) is -0.200. The number of hydrogen-bond donors (Lipinski definition) is 2. The lowest BCUT2D eigenvalue weighted by molar-refractivity contribution is -0.122. The molecule has 1 aliphatic heterocycles. The lowest BCUT2D eigenvalue weighted by Crippen LogP contribution is -2.34. The number of nitrogens with zero attached hydrogens (tertiary/aromatic N) is 1. The zero-order valence-corrected chi connectivity index (χ0v) is 16.4. The zero-order valence-electron chi connectivity index (χ0n) is 15.6. The van der Waals surface area contributed by atoms with Crippen molar-refractivity contribution in [3.05, 3.63) is 34.9 Å². The largest absolute Gasteiger partial charge is 0.356 e. The van der Waals surface area contributed by atoms with Crippen molar-refractivity contribution < 1.29 is 9.59 Å². The van der Waals surface area contributed by atoms with E-state index in [4.69, 9.17) is 11.6 Å². The molecule has 2 rings (SSSR count). The molecule has 0 aromatic heterocycles. The van der Waals surface area contributed by atoms with E-state index in [1.165, 1.54) is 45.7 Å². The lowest BCUT2D eigenvalue weighted by atomic mass is 10.0. The molecule has 1 unspecified atom stereocenters. The maximum Gasteiger partial charge on any atom is 0.222 e. The molecule has 144 valence electrons. The average Bonchev–Trinajstić information content (AvgIpc) is 2.87. The van der Waals surface area contributed by atoms with E-state index in [1.807, 2.05) is 12.1 Å². The summed E-state index contributed by atoms with van der Waals surface area (Å²) < 4.78 is 0.